The summed E-state index contributed by atoms with van der Waals surface area (Å²) in [5.41, 5.74) is 1.42. The molecule has 2 aromatic carbocycles. The lowest BCUT2D eigenvalue weighted by Gasteiger charge is -2.10. The highest BCUT2D eigenvalue weighted by Crippen LogP contribution is 2.24. The molecule has 0 aliphatic rings. The summed E-state index contributed by atoms with van der Waals surface area (Å²) in [6.45, 7) is 0. The number of rotatable bonds is 4. The van der Waals surface area contributed by atoms with E-state index in [1.54, 1.807) is 42.5 Å². The molecule has 0 saturated heterocycles. The second-order valence-corrected chi connectivity index (χ2v) is 5.57. The maximum absolute atomic E-state index is 12.2. The molecule has 0 aliphatic carbocycles. The van der Waals surface area contributed by atoms with Crippen LogP contribution in [0.2, 0.25) is 5.02 Å². The third kappa shape index (κ3) is 4.06. The van der Waals surface area contributed by atoms with Crippen LogP contribution < -0.4 is 5.32 Å². The van der Waals surface area contributed by atoms with Crippen LogP contribution in [0.25, 0.3) is 0 Å². The first-order valence-corrected chi connectivity index (χ1v) is 7.20. The number of carboxylic acids is 1. The average molecular weight is 369 g/mol. The van der Waals surface area contributed by atoms with Gasteiger partial charge in [0.15, 0.2) is 0 Å². The second-order valence-electron chi connectivity index (χ2n) is 4.31. The first-order chi connectivity index (χ1) is 9.97. The molecule has 4 nitrogen and oxygen atoms in total. The van der Waals surface area contributed by atoms with Gasteiger partial charge in [0, 0.05) is 15.7 Å². The van der Waals surface area contributed by atoms with Gasteiger partial charge in [0.05, 0.1) is 11.4 Å². The lowest BCUT2D eigenvalue weighted by Crippen LogP contribution is -2.14. The van der Waals surface area contributed by atoms with E-state index in [4.69, 9.17) is 16.7 Å². The van der Waals surface area contributed by atoms with E-state index in [-0.39, 0.29) is 12.3 Å². The van der Waals surface area contributed by atoms with Crippen molar-refractivity contribution in [3.63, 3.8) is 0 Å². The number of aliphatic carboxylic acids is 1. The molecule has 6 heteroatoms. The summed E-state index contributed by atoms with van der Waals surface area (Å²) in [5, 5.41) is 12.0. The third-order valence-electron chi connectivity index (χ3n) is 2.79. The van der Waals surface area contributed by atoms with Crippen LogP contribution in [0.4, 0.5) is 5.69 Å². The molecule has 2 aromatic rings. The minimum Gasteiger partial charge on any atom is -0.481 e. The van der Waals surface area contributed by atoms with Crippen molar-refractivity contribution in [2.24, 2.45) is 0 Å². The lowest BCUT2D eigenvalue weighted by molar-refractivity contribution is -0.136. The number of nitrogens with one attached hydrogen (secondary N) is 1. The minimum absolute atomic E-state index is 0.155. The Bertz CT molecular complexity index is 703. The molecule has 0 unspecified atom stereocenters. The van der Waals surface area contributed by atoms with Crippen LogP contribution in [-0.2, 0) is 11.2 Å². The second kappa shape index (κ2) is 6.74. The summed E-state index contributed by atoms with van der Waals surface area (Å²) in [6.07, 6.45) is -0.155. The number of benzene rings is 2. The van der Waals surface area contributed by atoms with Crippen molar-refractivity contribution in [2.45, 2.75) is 6.42 Å². The van der Waals surface area contributed by atoms with Crippen LogP contribution in [0.15, 0.2) is 46.9 Å². The Hall–Kier alpha value is -1.85. The number of carbonyl (C=O) groups excluding carboxylic acids is 1. The first kappa shape index (κ1) is 15.5. The number of hydrogen-bond donors (Lipinski definition) is 2. The highest BCUT2D eigenvalue weighted by Gasteiger charge is 2.12. The number of halogens is 2. The van der Waals surface area contributed by atoms with Gasteiger partial charge < -0.3 is 10.4 Å². The Morgan fingerprint density at radius 1 is 1.19 bits per heavy atom. The van der Waals surface area contributed by atoms with Crippen molar-refractivity contribution in [3.8, 4) is 0 Å². The first-order valence-electron chi connectivity index (χ1n) is 6.03. The standard InChI is InChI=1S/C15H11BrClNO3/c16-11-6-5-10(7-12(11)17)15(21)18-13-4-2-1-3-9(13)8-14(19)20/h1-7H,8H2,(H,18,21)(H,19,20). The monoisotopic (exact) mass is 367 g/mol. The van der Waals surface area contributed by atoms with E-state index in [0.29, 0.717) is 26.3 Å². The summed E-state index contributed by atoms with van der Waals surface area (Å²) in [6, 6.07) is 11.6. The summed E-state index contributed by atoms with van der Waals surface area (Å²) in [5.74, 6) is -1.30. The molecule has 1 amide bonds. The van der Waals surface area contributed by atoms with Gasteiger partial charge in [0.1, 0.15) is 0 Å². The molecule has 0 spiro atoms. The number of carboxylic acid groups (broad SMARTS) is 1. The molecule has 0 heterocycles. The van der Waals surface area contributed by atoms with E-state index in [2.05, 4.69) is 21.2 Å². The van der Waals surface area contributed by atoms with Crippen LogP contribution >= 0.6 is 27.5 Å². The summed E-state index contributed by atoms with van der Waals surface area (Å²) in [7, 11) is 0. The number of para-hydroxylation sites is 1. The number of carbonyl (C=O) groups is 2. The SMILES string of the molecule is O=C(O)Cc1ccccc1NC(=O)c1ccc(Br)c(Cl)c1. The zero-order chi connectivity index (χ0) is 15.4. The van der Waals surface area contributed by atoms with Crippen LogP contribution in [-0.4, -0.2) is 17.0 Å². The van der Waals surface area contributed by atoms with Crippen molar-refractivity contribution in [1.82, 2.24) is 0 Å². The third-order valence-corrected chi connectivity index (χ3v) is 4.02. The van der Waals surface area contributed by atoms with Crippen molar-refractivity contribution in [1.29, 1.82) is 0 Å². The van der Waals surface area contributed by atoms with Gasteiger partial charge >= 0.3 is 5.97 Å². The maximum atomic E-state index is 12.2. The van der Waals surface area contributed by atoms with E-state index in [0.717, 1.165) is 0 Å². The molecule has 2 rings (SSSR count). The lowest BCUT2D eigenvalue weighted by atomic mass is 10.1. The average Bonchev–Trinajstić information content (AvgIpc) is 2.43. The summed E-state index contributed by atoms with van der Waals surface area (Å²) in [4.78, 5) is 23.0. The van der Waals surface area contributed by atoms with Crippen molar-refractivity contribution in [3.05, 3.63) is 63.1 Å². The number of amides is 1. The van der Waals surface area contributed by atoms with Crippen LogP contribution in [0.3, 0.4) is 0 Å². The van der Waals surface area contributed by atoms with E-state index < -0.39 is 5.97 Å². The molecule has 0 radical (unpaired) electrons. The molecule has 108 valence electrons. The van der Waals surface area contributed by atoms with Crippen LogP contribution in [0.5, 0.6) is 0 Å². The van der Waals surface area contributed by atoms with Gasteiger partial charge in [0.25, 0.3) is 5.91 Å². The van der Waals surface area contributed by atoms with Gasteiger partial charge in [0.2, 0.25) is 0 Å². The largest absolute Gasteiger partial charge is 0.481 e. The van der Waals surface area contributed by atoms with E-state index >= 15 is 0 Å². The Kier molecular flexibility index (Phi) is 4.98. The Morgan fingerprint density at radius 3 is 2.57 bits per heavy atom. The summed E-state index contributed by atoms with van der Waals surface area (Å²) >= 11 is 9.21. The zero-order valence-corrected chi connectivity index (χ0v) is 13.1. The van der Waals surface area contributed by atoms with Gasteiger partial charge in [-0.3, -0.25) is 9.59 Å². The molecule has 21 heavy (non-hydrogen) atoms. The predicted octanol–water partition coefficient (Wildman–Crippen LogP) is 3.98. The Morgan fingerprint density at radius 2 is 1.90 bits per heavy atom. The molecular weight excluding hydrogens is 358 g/mol. The van der Waals surface area contributed by atoms with E-state index in [9.17, 15) is 9.59 Å². The normalized spacial score (nSPS) is 10.2. The van der Waals surface area contributed by atoms with Gasteiger partial charge in [-0.05, 0) is 45.8 Å². The fraction of sp³-hybridized carbons (Fsp3) is 0.0667. The van der Waals surface area contributed by atoms with Crippen LogP contribution in [0.1, 0.15) is 15.9 Å². The van der Waals surface area contributed by atoms with E-state index in [1.807, 2.05) is 0 Å². The molecule has 0 saturated carbocycles. The smallest absolute Gasteiger partial charge is 0.307 e. The van der Waals surface area contributed by atoms with Gasteiger partial charge in [-0.25, -0.2) is 0 Å². The van der Waals surface area contributed by atoms with Crippen LogP contribution in [0, 0.1) is 0 Å². The van der Waals surface area contributed by atoms with Crippen molar-refractivity contribution in [2.75, 3.05) is 5.32 Å². The van der Waals surface area contributed by atoms with Crippen molar-refractivity contribution >= 4 is 45.1 Å². The fourth-order valence-corrected chi connectivity index (χ4v) is 2.22. The molecular formula is C15H11BrClNO3. The number of anilines is 1. The molecule has 0 fully saturated rings. The summed E-state index contributed by atoms with van der Waals surface area (Å²) < 4.78 is 0.701. The van der Waals surface area contributed by atoms with Gasteiger partial charge in [-0.1, -0.05) is 29.8 Å². The molecule has 0 aliphatic heterocycles. The molecule has 0 atom stereocenters. The topological polar surface area (TPSA) is 66.4 Å². The highest BCUT2D eigenvalue weighted by molar-refractivity contribution is 9.10. The Labute approximate surface area is 134 Å². The minimum atomic E-state index is -0.955. The van der Waals surface area contributed by atoms with E-state index in [1.165, 1.54) is 0 Å². The van der Waals surface area contributed by atoms with Gasteiger partial charge in [-0.2, -0.15) is 0 Å². The predicted molar refractivity (Wildman–Crippen MR) is 84.9 cm³/mol. The maximum Gasteiger partial charge on any atom is 0.307 e. The van der Waals surface area contributed by atoms with Crippen molar-refractivity contribution < 1.29 is 14.7 Å². The highest BCUT2D eigenvalue weighted by atomic mass is 79.9. The quantitative estimate of drug-likeness (QED) is 0.858. The molecule has 0 bridgehead atoms. The van der Waals surface area contributed by atoms with Gasteiger partial charge in [-0.15, -0.1) is 0 Å². The molecule has 0 aromatic heterocycles. The number of hydrogen-bond acceptors (Lipinski definition) is 2. The zero-order valence-electron chi connectivity index (χ0n) is 10.8. The molecule has 2 N–H and O–H groups in total. The fourth-order valence-electron chi connectivity index (χ4n) is 1.79. The Balaban J connectivity index is 2.23.